The molecule has 94 valence electrons. The van der Waals surface area contributed by atoms with Gasteiger partial charge in [-0.15, -0.1) is 0 Å². The molecule has 0 unspecified atom stereocenters. The first-order valence-electron chi connectivity index (χ1n) is 5.78. The molecule has 1 nitrogen and oxygen atoms in total. The van der Waals surface area contributed by atoms with E-state index in [1.807, 2.05) is 20.8 Å². The van der Waals surface area contributed by atoms with Crippen LogP contribution in [-0.4, -0.2) is 5.78 Å². The molecule has 0 aliphatic rings. The molecule has 0 atom stereocenters. The smallest absolute Gasteiger partial charge is 0.138 e. The minimum atomic E-state index is -0.572. The zero-order chi connectivity index (χ0) is 13.1. The summed E-state index contributed by atoms with van der Waals surface area (Å²) < 4.78 is 25.9. The molecule has 0 heterocycles. The SMILES string of the molecule is CC(C)(C)C(=O)CCCc1ccc(F)cc1F. The van der Waals surface area contributed by atoms with Gasteiger partial charge in [0.2, 0.25) is 0 Å². The summed E-state index contributed by atoms with van der Waals surface area (Å²) >= 11 is 0. The van der Waals surface area contributed by atoms with Crippen LogP contribution < -0.4 is 0 Å². The molecule has 1 aromatic carbocycles. The van der Waals surface area contributed by atoms with Crippen LogP contribution >= 0.6 is 0 Å². The van der Waals surface area contributed by atoms with Crippen LogP contribution in [0.15, 0.2) is 18.2 Å². The molecule has 17 heavy (non-hydrogen) atoms. The van der Waals surface area contributed by atoms with Gasteiger partial charge in [-0.2, -0.15) is 0 Å². The lowest BCUT2D eigenvalue weighted by molar-refractivity contribution is -0.126. The minimum Gasteiger partial charge on any atom is -0.299 e. The summed E-state index contributed by atoms with van der Waals surface area (Å²) in [5.41, 5.74) is 0.120. The van der Waals surface area contributed by atoms with Crippen molar-refractivity contribution in [2.75, 3.05) is 0 Å². The van der Waals surface area contributed by atoms with Crippen molar-refractivity contribution in [1.82, 2.24) is 0 Å². The highest BCUT2D eigenvalue weighted by atomic mass is 19.1. The van der Waals surface area contributed by atoms with Gasteiger partial charge in [0.1, 0.15) is 17.4 Å². The standard InChI is InChI=1S/C14H18F2O/c1-14(2,3)13(17)6-4-5-10-7-8-11(15)9-12(10)16/h7-9H,4-6H2,1-3H3. The highest BCUT2D eigenvalue weighted by molar-refractivity contribution is 5.83. The highest BCUT2D eigenvalue weighted by Gasteiger charge is 2.20. The zero-order valence-electron chi connectivity index (χ0n) is 10.5. The highest BCUT2D eigenvalue weighted by Crippen LogP contribution is 2.19. The lowest BCUT2D eigenvalue weighted by Gasteiger charge is -2.16. The maximum Gasteiger partial charge on any atom is 0.138 e. The maximum absolute atomic E-state index is 13.3. The van der Waals surface area contributed by atoms with Gasteiger partial charge in [0.25, 0.3) is 0 Å². The molecule has 0 amide bonds. The van der Waals surface area contributed by atoms with E-state index in [-0.39, 0.29) is 11.2 Å². The number of rotatable bonds is 4. The summed E-state index contributed by atoms with van der Waals surface area (Å²) in [6, 6.07) is 3.55. The number of halogens is 2. The second-order valence-electron chi connectivity index (χ2n) is 5.26. The van der Waals surface area contributed by atoms with Crippen molar-refractivity contribution in [3.8, 4) is 0 Å². The lowest BCUT2D eigenvalue weighted by Crippen LogP contribution is -2.19. The molecule has 0 bridgehead atoms. The Morgan fingerprint density at radius 2 is 1.88 bits per heavy atom. The van der Waals surface area contributed by atoms with E-state index in [1.165, 1.54) is 12.1 Å². The number of Topliss-reactive ketones (excluding diaryl/α,β-unsaturated/α-hetero) is 1. The number of ketones is 1. The summed E-state index contributed by atoms with van der Waals surface area (Å²) in [5.74, 6) is -0.940. The first kappa shape index (κ1) is 13.8. The van der Waals surface area contributed by atoms with Gasteiger partial charge in [-0.25, -0.2) is 8.78 Å². The van der Waals surface area contributed by atoms with E-state index in [0.717, 1.165) is 6.07 Å². The summed E-state index contributed by atoms with van der Waals surface area (Å²) in [6.45, 7) is 5.61. The third kappa shape index (κ3) is 4.25. The van der Waals surface area contributed by atoms with Crippen LogP contribution in [-0.2, 0) is 11.2 Å². The Labute approximate surface area is 101 Å². The van der Waals surface area contributed by atoms with Crippen molar-refractivity contribution >= 4 is 5.78 Å². The Hall–Kier alpha value is -1.25. The summed E-state index contributed by atoms with van der Waals surface area (Å²) in [4.78, 5) is 11.6. The van der Waals surface area contributed by atoms with Gasteiger partial charge in [0, 0.05) is 17.9 Å². The van der Waals surface area contributed by atoms with Crippen LogP contribution in [0.25, 0.3) is 0 Å². The molecule has 0 saturated carbocycles. The third-order valence-electron chi connectivity index (χ3n) is 2.70. The van der Waals surface area contributed by atoms with Gasteiger partial charge in [0.05, 0.1) is 0 Å². The largest absolute Gasteiger partial charge is 0.299 e. The molecular weight excluding hydrogens is 222 g/mol. The van der Waals surface area contributed by atoms with Crippen molar-refractivity contribution in [3.05, 3.63) is 35.4 Å². The molecule has 0 radical (unpaired) electrons. The van der Waals surface area contributed by atoms with E-state index in [9.17, 15) is 13.6 Å². The van der Waals surface area contributed by atoms with Crippen molar-refractivity contribution in [1.29, 1.82) is 0 Å². The van der Waals surface area contributed by atoms with Crippen LogP contribution in [0.2, 0.25) is 0 Å². The molecule has 1 rings (SSSR count). The Bertz CT molecular complexity index is 405. The number of benzene rings is 1. The number of carbonyl (C=O) groups excluding carboxylic acids is 1. The lowest BCUT2D eigenvalue weighted by atomic mass is 9.87. The predicted molar refractivity (Wildman–Crippen MR) is 63.8 cm³/mol. The van der Waals surface area contributed by atoms with Crippen molar-refractivity contribution in [2.45, 2.75) is 40.0 Å². The van der Waals surface area contributed by atoms with Crippen molar-refractivity contribution < 1.29 is 13.6 Å². The van der Waals surface area contributed by atoms with Crippen LogP contribution in [0.5, 0.6) is 0 Å². The first-order valence-corrected chi connectivity index (χ1v) is 5.78. The van der Waals surface area contributed by atoms with Gasteiger partial charge in [-0.05, 0) is 24.5 Å². The van der Waals surface area contributed by atoms with Crippen LogP contribution in [0.1, 0.15) is 39.2 Å². The van der Waals surface area contributed by atoms with E-state index < -0.39 is 11.6 Å². The van der Waals surface area contributed by atoms with Crippen molar-refractivity contribution in [3.63, 3.8) is 0 Å². The summed E-state index contributed by atoms with van der Waals surface area (Å²) in [5, 5.41) is 0. The molecule has 0 aromatic heterocycles. The van der Waals surface area contributed by atoms with Crippen LogP contribution in [0.3, 0.4) is 0 Å². The molecule has 3 heteroatoms. The first-order chi connectivity index (χ1) is 7.80. The van der Waals surface area contributed by atoms with Crippen LogP contribution in [0, 0.1) is 17.0 Å². The third-order valence-corrected chi connectivity index (χ3v) is 2.70. The number of hydrogen-bond acceptors (Lipinski definition) is 1. The maximum atomic E-state index is 13.3. The average Bonchev–Trinajstić information content (AvgIpc) is 2.19. The van der Waals surface area contributed by atoms with Gasteiger partial charge < -0.3 is 0 Å². The van der Waals surface area contributed by atoms with Crippen LogP contribution in [0.4, 0.5) is 8.78 Å². The fraction of sp³-hybridized carbons (Fsp3) is 0.500. The quantitative estimate of drug-likeness (QED) is 0.780. The Morgan fingerprint density at radius 1 is 1.24 bits per heavy atom. The molecule has 0 N–H and O–H groups in total. The van der Waals surface area contributed by atoms with E-state index in [0.29, 0.717) is 24.8 Å². The molecule has 0 aliphatic carbocycles. The molecule has 0 fully saturated rings. The second-order valence-corrected chi connectivity index (χ2v) is 5.26. The summed E-state index contributed by atoms with van der Waals surface area (Å²) in [7, 11) is 0. The van der Waals surface area contributed by atoms with E-state index in [4.69, 9.17) is 0 Å². The minimum absolute atomic E-state index is 0.167. The molecular formula is C14H18F2O. The molecule has 0 spiro atoms. The number of aryl methyl sites for hydroxylation is 1. The Morgan fingerprint density at radius 3 is 2.41 bits per heavy atom. The predicted octanol–water partition coefficient (Wildman–Crippen LogP) is 3.90. The number of hydrogen-bond donors (Lipinski definition) is 0. The van der Waals surface area contributed by atoms with E-state index in [2.05, 4.69) is 0 Å². The monoisotopic (exact) mass is 240 g/mol. The Balaban J connectivity index is 2.49. The molecule has 0 aliphatic heterocycles. The number of carbonyl (C=O) groups is 1. The normalized spacial score (nSPS) is 11.6. The fourth-order valence-corrected chi connectivity index (χ4v) is 1.54. The zero-order valence-corrected chi connectivity index (χ0v) is 10.5. The Kier molecular flexibility index (Phi) is 4.38. The van der Waals surface area contributed by atoms with E-state index in [1.54, 1.807) is 0 Å². The van der Waals surface area contributed by atoms with E-state index >= 15 is 0 Å². The van der Waals surface area contributed by atoms with Crippen molar-refractivity contribution in [2.24, 2.45) is 5.41 Å². The summed E-state index contributed by atoms with van der Waals surface area (Å²) in [6.07, 6.45) is 1.49. The van der Waals surface area contributed by atoms with Gasteiger partial charge in [-0.3, -0.25) is 4.79 Å². The van der Waals surface area contributed by atoms with Gasteiger partial charge >= 0.3 is 0 Å². The molecule has 1 aromatic rings. The topological polar surface area (TPSA) is 17.1 Å². The molecule has 0 saturated heterocycles. The average molecular weight is 240 g/mol. The fourth-order valence-electron chi connectivity index (χ4n) is 1.54. The second kappa shape index (κ2) is 5.39. The van der Waals surface area contributed by atoms with Gasteiger partial charge in [-0.1, -0.05) is 26.8 Å². The van der Waals surface area contributed by atoms with Gasteiger partial charge in [0.15, 0.2) is 0 Å².